The first-order chi connectivity index (χ1) is 5.99. The third kappa shape index (κ3) is 3.95. The summed E-state index contributed by atoms with van der Waals surface area (Å²) in [5.41, 5.74) is 0. The van der Waals surface area contributed by atoms with Crippen LogP contribution in [0, 0.1) is 0 Å². The summed E-state index contributed by atoms with van der Waals surface area (Å²) in [4.78, 5) is 1.79. The van der Waals surface area contributed by atoms with Crippen LogP contribution in [-0.4, -0.2) is 43.8 Å². The van der Waals surface area contributed by atoms with Crippen LogP contribution in [0.15, 0.2) is 0 Å². The van der Waals surface area contributed by atoms with E-state index in [-0.39, 0.29) is 12.6 Å². The Bertz CT molecular complexity index is 152. The second kappa shape index (κ2) is 4.28. The van der Waals surface area contributed by atoms with E-state index in [2.05, 4.69) is 5.32 Å². The molecule has 0 radical (unpaired) electrons. The van der Waals surface area contributed by atoms with Crippen LogP contribution in [0.2, 0.25) is 0 Å². The minimum Gasteiger partial charge on any atom is -0.315 e. The third-order valence-corrected chi connectivity index (χ3v) is 2.41. The third-order valence-electron chi connectivity index (χ3n) is 2.41. The Morgan fingerprint density at radius 2 is 2.15 bits per heavy atom. The molecule has 2 nitrogen and oxygen atoms in total. The van der Waals surface area contributed by atoms with E-state index in [4.69, 9.17) is 0 Å². The second-order valence-electron chi connectivity index (χ2n) is 3.49. The number of hydrogen-bond acceptors (Lipinski definition) is 2. The summed E-state index contributed by atoms with van der Waals surface area (Å²) in [7, 11) is 1.75. The summed E-state index contributed by atoms with van der Waals surface area (Å²) >= 11 is 0. The van der Waals surface area contributed by atoms with E-state index >= 15 is 0 Å². The van der Waals surface area contributed by atoms with Crippen molar-refractivity contribution in [2.24, 2.45) is 0 Å². The van der Waals surface area contributed by atoms with Gasteiger partial charge in [-0.1, -0.05) is 0 Å². The maximum Gasteiger partial charge on any atom is 0.390 e. The minimum atomic E-state index is -4.03. The van der Waals surface area contributed by atoms with Crippen LogP contribution in [0.3, 0.4) is 0 Å². The standard InChI is InChI=1S/C8H15F3N2/c1-13(5-3-8(9,10)11)7-2-4-12-6-7/h7,12H,2-6H2,1H3/t7-/m1/s1. The molecule has 0 bridgehead atoms. The minimum absolute atomic E-state index is 0.107. The van der Waals surface area contributed by atoms with Gasteiger partial charge < -0.3 is 10.2 Å². The fraction of sp³-hybridized carbons (Fsp3) is 1.00. The van der Waals surface area contributed by atoms with Crippen LogP contribution in [-0.2, 0) is 0 Å². The molecule has 1 aliphatic rings. The molecule has 1 atom stereocenters. The molecule has 0 saturated carbocycles. The van der Waals surface area contributed by atoms with Crippen LogP contribution >= 0.6 is 0 Å². The maximum atomic E-state index is 11.9. The Morgan fingerprint density at radius 3 is 2.62 bits per heavy atom. The Balaban J connectivity index is 2.20. The molecule has 1 fully saturated rings. The highest BCUT2D eigenvalue weighted by Gasteiger charge is 2.29. The number of rotatable bonds is 3. The molecule has 1 N–H and O–H groups in total. The summed E-state index contributed by atoms with van der Waals surface area (Å²) in [6.45, 7) is 1.84. The van der Waals surface area contributed by atoms with Gasteiger partial charge in [-0.3, -0.25) is 0 Å². The van der Waals surface area contributed by atoms with Crippen molar-refractivity contribution in [2.75, 3.05) is 26.7 Å². The largest absolute Gasteiger partial charge is 0.390 e. The van der Waals surface area contributed by atoms with Crippen molar-refractivity contribution in [1.29, 1.82) is 0 Å². The van der Waals surface area contributed by atoms with Crippen LogP contribution in [0.25, 0.3) is 0 Å². The molecule has 0 spiro atoms. The first-order valence-electron chi connectivity index (χ1n) is 4.47. The lowest BCUT2D eigenvalue weighted by Gasteiger charge is -2.23. The maximum absolute atomic E-state index is 11.9. The molecule has 5 heteroatoms. The van der Waals surface area contributed by atoms with Gasteiger partial charge in [0.05, 0.1) is 6.42 Å². The van der Waals surface area contributed by atoms with Crippen molar-refractivity contribution in [1.82, 2.24) is 10.2 Å². The summed E-state index contributed by atoms with van der Waals surface area (Å²) in [5.74, 6) is 0. The van der Waals surface area contributed by atoms with E-state index in [0.717, 1.165) is 19.5 Å². The van der Waals surface area contributed by atoms with Crippen LogP contribution in [0.1, 0.15) is 12.8 Å². The second-order valence-corrected chi connectivity index (χ2v) is 3.49. The van der Waals surface area contributed by atoms with Gasteiger partial charge in [-0.2, -0.15) is 13.2 Å². The van der Waals surface area contributed by atoms with Gasteiger partial charge in [-0.05, 0) is 20.0 Å². The highest BCUT2D eigenvalue weighted by atomic mass is 19.4. The smallest absolute Gasteiger partial charge is 0.315 e. The van der Waals surface area contributed by atoms with Crippen molar-refractivity contribution in [3.05, 3.63) is 0 Å². The van der Waals surface area contributed by atoms with Crippen LogP contribution in [0.4, 0.5) is 13.2 Å². The molecule has 1 aliphatic heterocycles. The Hall–Kier alpha value is -0.290. The first-order valence-corrected chi connectivity index (χ1v) is 4.47. The van der Waals surface area contributed by atoms with Gasteiger partial charge in [0.15, 0.2) is 0 Å². The van der Waals surface area contributed by atoms with Crippen molar-refractivity contribution >= 4 is 0 Å². The zero-order valence-electron chi connectivity index (χ0n) is 7.69. The molecule has 0 aliphatic carbocycles. The van der Waals surface area contributed by atoms with Gasteiger partial charge in [0.25, 0.3) is 0 Å². The monoisotopic (exact) mass is 196 g/mol. The predicted octanol–water partition coefficient (Wildman–Crippen LogP) is 1.23. The number of hydrogen-bond donors (Lipinski definition) is 1. The van der Waals surface area contributed by atoms with Crippen molar-refractivity contribution in [3.8, 4) is 0 Å². The highest BCUT2D eigenvalue weighted by Crippen LogP contribution is 2.20. The normalized spacial score (nSPS) is 24.2. The zero-order valence-corrected chi connectivity index (χ0v) is 7.69. The number of halogens is 3. The SMILES string of the molecule is CN(CCC(F)(F)F)[C@@H]1CCNC1. The summed E-state index contributed by atoms with van der Waals surface area (Å²) < 4.78 is 35.6. The Morgan fingerprint density at radius 1 is 1.46 bits per heavy atom. The van der Waals surface area contributed by atoms with Gasteiger partial charge in [-0.25, -0.2) is 0 Å². The van der Waals surface area contributed by atoms with E-state index in [1.165, 1.54) is 0 Å². The van der Waals surface area contributed by atoms with E-state index in [1.54, 1.807) is 11.9 Å². The van der Waals surface area contributed by atoms with E-state index in [1.807, 2.05) is 0 Å². The molecule has 0 amide bonds. The predicted molar refractivity (Wildman–Crippen MR) is 44.6 cm³/mol. The molecule has 0 aromatic heterocycles. The van der Waals surface area contributed by atoms with Gasteiger partial charge >= 0.3 is 6.18 Å². The number of nitrogens with zero attached hydrogens (tertiary/aromatic N) is 1. The molecule has 78 valence electrons. The molecule has 1 heterocycles. The van der Waals surface area contributed by atoms with Crippen molar-refractivity contribution < 1.29 is 13.2 Å². The van der Waals surface area contributed by atoms with Crippen LogP contribution in [0.5, 0.6) is 0 Å². The van der Waals surface area contributed by atoms with E-state index < -0.39 is 12.6 Å². The van der Waals surface area contributed by atoms with E-state index in [0.29, 0.717) is 0 Å². The van der Waals surface area contributed by atoms with Gasteiger partial charge in [0.1, 0.15) is 0 Å². The Labute approximate surface area is 76.1 Å². The highest BCUT2D eigenvalue weighted by molar-refractivity contribution is 4.78. The molecule has 1 saturated heterocycles. The zero-order chi connectivity index (χ0) is 9.90. The molecular formula is C8H15F3N2. The van der Waals surface area contributed by atoms with Crippen LogP contribution < -0.4 is 5.32 Å². The lowest BCUT2D eigenvalue weighted by Crippen LogP contribution is -2.35. The number of nitrogens with one attached hydrogen (secondary N) is 1. The number of likely N-dealkylation sites (N-methyl/N-ethyl adjacent to an activating group) is 1. The summed E-state index contributed by atoms with van der Waals surface area (Å²) in [6.07, 6.45) is -3.78. The molecule has 0 aromatic carbocycles. The van der Waals surface area contributed by atoms with Gasteiger partial charge in [0.2, 0.25) is 0 Å². The Kier molecular flexibility index (Phi) is 3.55. The molecule has 13 heavy (non-hydrogen) atoms. The topological polar surface area (TPSA) is 15.3 Å². The average Bonchev–Trinajstić information content (AvgIpc) is 2.50. The summed E-state index contributed by atoms with van der Waals surface area (Å²) in [6, 6.07) is 0.280. The lowest BCUT2D eigenvalue weighted by atomic mass is 10.2. The molecule has 1 rings (SSSR count). The lowest BCUT2D eigenvalue weighted by molar-refractivity contribution is -0.138. The van der Waals surface area contributed by atoms with Crippen molar-refractivity contribution in [2.45, 2.75) is 25.1 Å². The van der Waals surface area contributed by atoms with Gasteiger partial charge in [-0.15, -0.1) is 0 Å². The first kappa shape index (κ1) is 10.8. The van der Waals surface area contributed by atoms with Crippen molar-refractivity contribution in [3.63, 3.8) is 0 Å². The molecular weight excluding hydrogens is 181 g/mol. The molecule has 0 aromatic rings. The quantitative estimate of drug-likeness (QED) is 0.730. The van der Waals surface area contributed by atoms with Gasteiger partial charge in [0, 0.05) is 19.1 Å². The average molecular weight is 196 g/mol. The number of alkyl halides is 3. The molecule has 0 unspecified atom stereocenters. The summed E-state index contributed by atoms with van der Waals surface area (Å²) in [5, 5.41) is 3.13. The fourth-order valence-corrected chi connectivity index (χ4v) is 1.50. The fourth-order valence-electron chi connectivity index (χ4n) is 1.50. The van der Waals surface area contributed by atoms with E-state index in [9.17, 15) is 13.2 Å².